The minimum atomic E-state index is -0.753. The van der Waals surface area contributed by atoms with Crippen molar-refractivity contribution in [1.82, 2.24) is 4.98 Å². The van der Waals surface area contributed by atoms with Crippen LogP contribution in [0.2, 0.25) is 10.2 Å². The van der Waals surface area contributed by atoms with Crippen LogP contribution in [0.5, 0.6) is 5.75 Å². The first-order valence-electron chi connectivity index (χ1n) is 8.67. The van der Waals surface area contributed by atoms with Crippen LogP contribution in [0.3, 0.4) is 0 Å². The number of nitrogens with zero attached hydrogens (tertiary/aromatic N) is 1. The molecule has 0 bridgehead atoms. The van der Waals surface area contributed by atoms with Gasteiger partial charge in [-0.1, -0.05) is 29.3 Å². The van der Waals surface area contributed by atoms with Gasteiger partial charge in [-0.25, -0.2) is 4.98 Å². The number of carbonyl (C=O) groups is 2. The number of carbonyl (C=O) groups excluding carboxylic acids is 2. The second-order valence-electron chi connectivity index (χ2n) is 6.11. The van der Waals surface area contributed by atoms with E-state index in [4.69, 9.17) is 27.9 Å². The summed E-state index contributed by atoms with van der Waals surface area (Å²) in [4.78, 5) is 28.5. The van der Waals surface area contributed by atoms with Gasteiger partial charge in [0, 0.05) is 16.3 Å². The first kappa shape index (κ1) is 20.6. The average Bonchev–Trinajstić information content (AvgIpc) is 2.70. The van der Waals surface area contributed by atoms with Crippen LogP contribution in [0.25, 0.3) is 0 Å². The molecule has 0 aliphatic carbocycles. The molecule has 0 fully saturated rings. The SMILES string of the molecule is C[C@H](Oc1ccc(C(=O)Nc2cccc(Cl)c2)cc1)C(=O)Nc1ccc(Cl)nc1. The molecule has 1 heterocycles. The van der Waals surface area contributed by atoms with Crippen LogP contribution in [0.4, 0.5) is 11.4 Å². The summed E-state index contributed by atoms with van der Waals surface area (Å²) in [7, 11) is 0. The Kier molecular flexibility index (Phi) is 6.69. The van der Waals surface area contributed by atoms with E-state index in [1.807, 2.05) is 0 Å². The number of anilines is 2. The summed E-state index contributed by atoms with van der Waals surface area (Å²) in [5.74, 6) is -0.155. The third-order valence-electron chi connectivity index (χ3n) is 3.88. The highest BCUT2D eigenvalue weighted by atomic mass is 35.5. The zero-order valence-corrected chi connectivity index (χ0v) is 16.9. The molecule has 29 heavy (non-hydrogen) atoms. The fraction of sp³-hybridized carbons (Fsp3) is 0.0952. The Hall–Kier alpha value is -3.09. The lowest BCUT2D eigenvalue weighted by Gasteiger charge is -2.15. The van der Waals surface area contributed by atoms with E-state index in [0.29, 0.717) is 32.9 Å². The van der Waals surface area contributed by atoms with Crippen LogP contribution in [-0.2, 0) is 4.79 Å². The molecule has 0 aliphatic heterocycles. The van der Waals surface area contributed by atoms with Crippen LogP contribution in [0.1, 0.15) is 17.3 Å². The van der Waals surface area contributed by atoms with Crippen molar-refractivity contribution in [1.29, 1.82) is 0 Å². The van der Waals surface area contributed by atoms with Crippen molar-refractivity contribution in [2.45, 2.75) is 13.0 Å². The predicted octanol–water partition coefficient (Wildman–Crippen LogP) is 5.05. The summed E-state index contributed by atoms with van der Waals surface area (Å²) in [6, 6.07) is 16.6. The Morgan fingerprint density at radius 3 is 2.38 bits per heavy atom. The number of benzene rings is 2. The van der Waals surface area contributed by atoms with E-state index in [-0.39, 0.29) is 11.8 Å². The largest absolute Gasteiger partial charge is 0.481 e. The molecule has 0 saturated heterocycles. The second-order valence-corrected chi connectivity index (χ2v) is 6.93. The van der Waals surface area contributed by atoms with Crippen molar-refractivity contribution in [3.63, 3.8) is 0 Å². The number of rotatable bonds is 6. The van der Waals surface area contributed by atoms with Gasteiger partial charge in [0.15, 0.2) is 6.10 Å². The minimum Gasteiger partial charge on any atom is -0.481 e. The number of nitrogens with one attached hydrogen (secondary N) is 2. The first-order chi connectivity index (χ1) is 13.9. The van der Waals surface area contributed by atoms with Gasteiger partial charge in [-0.2, -0.15) is 0 Å². The van der Waals surface area contributed by atoms with Gasteiger partial charge < -0.3 is 15.4 Å². The maximum atomic E-state index is 12.3. The highest BCUT2D eigenvalue weighted by Crippen LogP contribution is 2.18. The Balaban J connectivity index is 1.57. The highest BCUT2D eigenvalue weighted by Gasteiger charge is 2.15. The van der Waals surface area contributed by atoms with Gasteiger partial charge in [0.25, 0.3) is 11.8 Å². The lowest BCUT2D eigenvalue weighted by atomic mass is 10.2. The van der Waals surface area contributed by atoms with Crippen molar-refractivity contribution >= 4 is 46.4 Å². The minimum absolute atomic E-state index is 0.278. The molecule has 0 aliphatic rings. The predicted molar refractivity (Wildman–Crippen MR) is 114 cm³/mol. The Bertz CT molecular complexity index is 1010. The molecule has 0 saturated carbocycles. The van der Waals surface area contributed by atoms with E-state index < -0.39 is 6.10 Å². The van der Waals surface area contributed by atoms with Crippen molar-refractivity contribution in [3.05, 3.63) is 82.6 Å². The van der Waals surface area contributed by atoms with E-state index in [1.54, 1.807) is 67.6 Å². The van der Waals surface area contributed by atoms with Gasteiger partial charge in [0.1, 0.15) is 10.9 Å². The van der Waals surface area contributed by atoms with Gasteiger partial charge in [-0.15, -0.1) is 0 Å². The summed E-state index contributed by atoms with van der Waals surface area (Å²) in [6.45, 7) is 1.62. The van der Waals surface area contributed by atoms with Crippen molar-refractivity contribution < 1.29 is 14.3 Å². The maximum Gasteiger partial charge on any atom is 0.265 e. The topological polar surface area (TPSA) is 80.3 Å². The van der Waals surface area contributed by atoms with Gasteiger partial charge in [0.05, 0.1) is 11.9 Å². The molecule has 6 nitrogen and oxygen atoms in total. The molecule has 0 spiro atoms. The standard InChI is InChI=1S/C21H17Cl2N3O3/c1-13(20(27)26-17-7-10-19(23)24-12-17)29-18-8-5-14(6-9-18)21(28)25-16-4-2-3-15(22)11-16/h2-13H,1H3,(H,25,28)(H,26,27)/t13-/m0/s1. The van der Waals surface area contributed by atoms with Gasteiger partial charge in [-0.3, -0.25) is 9.59 Å². The number of amides is 2. The van der Waals surface area contributed by atoms with Gasteiger partial charge >= 0.3 is 0 Å². The van der Waals surface area contributed by atoms with Crippen LogP contribution in [-0.4, -0.2) is 22.9 Å². The molecular formula is C21H17Cl2N3O3. The molecule has 1 atom stereocenters. The van der Waals surface area contributed by atoms with E-state index in [9.17, 15) is 9.59 Å². The molecule has 0 unspecified atom stereocenters. The molecule has 2 N–H and O–H groups in total. The Labute approximate surface area is 177 Å². The lowest BCUT2D eigenvalue weighted by Crippen LogP contribution is -2.30. The number of hydrogen-bond acceptors (Lipinski definition) is 4. The number of hydrogen-bond donors (Lipinski definition) is 2. The third kappa shape index (κ3) is 5.94. The summed E-state index contributed by atoms with van der Waals surface area (Å²) in [5, 5.41) is 6.33. The Morgan fingerprint density at radius 1 is 0.966 bits per heavy atom. The van der Waals surface area contributed by atoms with Crippen molar-refractivity contribution in [2.24, 2.45) is 0 Å². The third-order valence-corrected chi connectivity index (χ3v) is 4.33. The molecule has 3 rings (SSSR count). The molecule has 8 heteroatoms. The molecular weight excluding hydrogens is 413 g/mol. The van der Waals surface area contributed by atoms with Gasteiger partial charge in [0.2, 0.25) is 0 Å². The monoisotopic (exact) mass is 429 g/mol. The molecule has 1 aromatic heterocycles. The molecule has 2 aromatic carbocycles. The highest BCUT2D eigenvalue weighted by molar-refractivity contribution is 6.31. The fourth-order valence-corrected chi connectivity index (χ4v) is 2.71. The van der Waals surface area contributed by atoms with E-state index >= 15 is 0 Å². The number of aromatic nitrogens is 1. The first-order valence-corrected chi connectivity index (χ1v) is 9.42. The summed E-state index contributed by atoms with van der Waals surface area (Å²) in [6.07, 6.45) is 0.706. The number of ether oxygens (including phenoxy) is 1. The normalized spacial score (nSPS) is 11.4. The summed E-state index contributed by atoms with van der Waals surface area (Å²) in [5.41, 5.74) is 1.56. The second kappa shape index (κ2) is 9.41. The molecule has 0 radical (unpaired) electrons. The van der Waals surface area contributed by atoms with Crippen molar-refractivity contribution in [3.8, 4) is 5.75 Å². The van der Waals surface area contributed by atoms with E-state index in [0.717, 1.165) is 0 Å². The molecule has 2 amide bonds. The smallest absolute Gasteiger partial charge is 0.265 e. The van der Waals surface area contributed by atoms with Gasteiger partial charge in [-0.05, 0) is 61.5 Å². The zero-order chi connectivity index (χ0) is 20.8. The van der Waals surface area contributed by atoms with Crippen LogP contribution < -0.4 is 15.4 Å². The maximum absolute atomic E-state index is 12.3. The summed E-state index contributed by atoms with van der Waals surface area (Å²) < 4.78 is 5.63. The molecule has 3 aromatic rings. The molecule has 148 valence electrons. The summed E-state index contributed by atoms with van der Waals surface area (Å²) >= 11 is 11.6. The fourth-order valence-electron chi connectivity index (χ4n) is 2.41. The lowest BCUT2D eigenvalue weighted by molar-refractivity contribution is -0.122. The van der Waals surface area contributed by atoms with Crippen LogP contribution >= 0.6 is 23.2 Å². The van der Waals surface area contributed by atoms with Crippen LogP contribution in [0.15, 0.2) is 66.9 Å². The van der Waals surface area contributed by atoms with E-state index in [2.05, 4.69) is 15.6 Å². The Morgan fingerprint density at radius 2 is 1.72 bits per heavy atom. The number of halogens is 2. The van der Waals surface area contributed by atoms with E-state index in [1.165, 1.54) is 6.20 Å². The van der Waals surface area contributed by atoms with Crippen LogP contribution in [0, 0.1) is 0 Å². The van der Waals surface area contributed by atoms with Crippen molar-refractivity contribution in [2.75, 3.05) is 10.6 Å². The average molecular weight is 430 g/mol. The quantitative estimate of drug-likeness (QED) is 0.537. The number of pyridine rings is 1. The zero-order valence-electron chi connectivity index (χ0n) is 15.4.